The maximum Gasteiger partial charge on any atom is 0.0775 e. The van der Waals surface area contributed by atoms with Gasteiger partial charge in [-0.25, -0.2) is 0 Å². The number of aliphatic hydroxyl groups excluding tert-OH is 1. The van der Waals surface area contributed by atoms with Crippen molar-refractivity contribution >= 4 is 8.58 Å². The summed E-state index contributed by atoms with van der Waals surface area (Å²) in [7, 11) is 7.88. The van der Waals surface area contributed by atoms with Gasteiger partial charge in [0.2, 0.25) is 0 Å². The van der Waals surface area contributed by atoms with Crippen molar-refractivity contribution in [2.24, 2.45) is 0 Å². The minimum Gasteiger partial charge on any atom is -0.475 e. The summed E-state index contributed by atoms with van der Waals surface area (Å²) in [6.07, 6.45) is 23.3. The zero-order valence-electron chi connectivity index (χ0n) is 19.5. The van der Waals surface area contributed by atoms with Crippen molar-refractivity contribution < 1.29 is 9.59 Å². The van der Waals surface area contributed by atoms with Gasteiger partial charge in [0.05, 0.1) is 27.2 Å². The van der Waals surface area contributed by atoms with E-state index in [1.165, 1.54) is 111 Å². The zero-order valence-corrected chi connectivity index (χ0v) is 20.4. The summed E-state index contributed by atoms with van der Waals surface area (Å²) in [4.78, 5) is 0. The van der Waals surface area contributed by atoms with Crippen LogP contribution in [-0.2, 0) is 0 Å². The van der Waals surface area contributed by atoms with Gasteiger partial charge in [-0.1, -0.05) is 110 Å². The van der Waals surface area contributed by atoms with Crippen molar-refractivity contribution in [2.45, 2.75) is 128 Å². The van der Waals surface area contributed by atoms with E-state index in [4.69, 9.17) is 0 Å². The third-order valence-corrected chi connectivity index (χ3v) is 7.32. The Morgan fingerprint density at radius 1 is 0.630 bits per heavy atom. The number of nitrogens with zero attached hydrogens (tertiary/aromatic N) is 1. The molecule has 0 fully saturated rings. The third kappa shape index (κ3) is 17.0. The lowest BCUT2D eigenvalue weighted by Gasteiger charge is -2.44. The largest absolute Gasteiger partial charge is 0.475 e. The topological polar surface area (TPSA) is 20.2 Å². The Kier molecular flexibility index (Phi) is 18.6. The SMILES string of the molecule is CCCCCCCCCCCCCCCCCCC(O)C([P-]C)[N+](C)(C)C. The molecule has 0 bridgehead atoms. The molecule has 0 aromatic rings. The Hall–Kier alpha value is 0.350. The Balaban J connectivity index is 3.32. The standard InChI is InChI=1S/C24H52NOP/c1-6-7-8-9-10-11-12-13-14-15-16-17-18-19-20-21-22-23(26)24(27-5)25(2,3)4/h23-24,26H,6-22H2,1-5H3. The molecule has 0 saturated heterocycles. The van der Waals surface area contributed by atoms with E-state index in [9.17, 15) is 5.11 Å². The molecule has 27 heavy (non-hydrogen) atoms. The summed E-state index contributed by atoms with van der Waals surface area (Å²) in [5.74, 6) is 0.348. The average Bonchev–Trinajstić information content (AvgIpc) is 2.60. The van der Waals surface area contributed by atoms with Gasteiger partial charge in [-0.2, -0.15) is 6.66 Å². The molecule has 0 aromatic carbocycles. The van der Waals surface area contributed by atoms with Gasteiger partial charge in [-0.15, -0.1) is 0 Å². The minimum atomic E-state index is -0.150. The summed E-state index contributed by atoms with van der Waals surface area (Å²) in [5, 5.41) is 10.4. The van der Waals surface area contributed by atoms with Gasteiger partial charge in [0.25, 0.3) is 0 Å². The maximum absolute atomic E-state index is 10.4. The molecule has 0 aliphatic heterocycles. The summed E-state index contributed by atoms with van der Waals surface area (Å²) >= 11 is 0. The van der Waals surface area contributed by atoms with E-state index in [-0.39, 0.29) is 6.10 Å². The first-order valence-corrected chi connectivity index (χ1v) is 13.4. The number of unbranched alkanes of at least 4 members (excludes halogenated alkanes) is 15. The molecule has 0 amide bonds. The van der Waals surface area contributed by atoms with E-state index >= 15 is 0 Å². The van der Waals surface area contributed by atoms with Gasteiger partial charge in [-0.05, 0) is 12.2 Å². The van der Waals surface area contributed by atoms with E-state index in [1.807, 2.05) is 0 Å². The van der Waals surface area contributed by atoms with Gasteiger partial charge in [0.1, 0.15) is 0 Å². The molecular formula is C24H52NOP. The van der Waals surface area contributed by atoms with E-state index in [2.05, 4.69) is 34.7 Å². The van der Waals surface area contributed by atoms with Gasteiger partial charge in [-0.3, -0.25) is 0 Å². The average molecular weight is 402 g/mol. The van der Waals surface area contributed by atoms with Crippen LogP contribution in [0.15, 0.2) is 0 Å². The first-order valence-electron chi connectivity index (χ1n) is 12.0. The van der Waals surface area contributed by atoms with Crippen LogP contribution in [0.2, 0.25) is 0 Å². The summed E-state index contributed by atoms with van der Waals surface area (Å²) < 4.78 is 0.859. The maximum atomic E-state index is 10.4. The number of likely N-dealkylation sites (N-methyl/N-ethyl adjacent to an activating group) is 1. The molecule has 0 aliphatic carbocycles. The Morgan fingerprint density at radius 3 is 1.26 bits per heavy atom. The number of hydrogen-bond donors (Lipinski definition) is 1. The third-order valence-electron chi connectivity index (χ3n) is 5.76. The van der Waals surface area contributed by atoms with Crippen molar-refractivity contribution in [1.82, 2.24) is 0 Å². The fraction of sp³-hybridized carbons (Fsp3) is 1.00. The van der Waals surface area contributed by atoms with Crippen molar-refractivity contribution in [3.8, 4) is 0 Å². The molecule has 3 heteroatoms. The van der Waals surface area contributed by atoms with Crippen LogP contribution in [0.3, 0.4) is 0 Å². The van der Waals surface area contributed by atoms with Crippen LogP contribution in [0, 0.1) is 0 Å². The lowest BCUT2D eigenvalue weighted by atomic mass is 10.0. The smallest absolute Gasteiger partial charge is 0.0775 e. The normalized spacial score (nSPS) is 14.9. The first-order chi connectivity index (χ1) is 12.9. The van der Waals surface area contributed by atoms with E-state index in [0.717, 1.165) is 10.9 Å². The fourth-order valence-electron chi connectivity index (χ4n) is 4.09. The molecule has 0 spiro atoms. The van der Waals surface area contributed by atoms with Gasteiger partial charge in [0.15, 0.2) is 0 Å². The Morgan fingerprint density at radius 2 is 0.963 bits per heavy atom. The number of rotatable bonds is 20. The molecule has 2 nitrogen and oxygen atoms in total. The lowest BCUT2D eigenvalue weighted by molar-refractivity contribution is -0.885. The van der Waals surface area contributed by atoms with E-state index in [0.29, 0.717) is 5.78 Å². The molecule has 0 radical (unpaired) electrons. The van der Waals surface area contributed by atoms with Crippen LogP contribution in [0.5, 0.6) is 0 Å². The summed E-state index contributed by atoms with van der Waals surface area (Å²) in [6, 6.07) is 0. The Labute approximate surface area is 174 Å². The minimum absolute atomic E-state index is 0.150. The van der Waals surface area contributed by atoms with Crippen LogP contribution in [-0.4, -0.2) is 49.3 Å². The number of aliphatic hydroxyl groups is 1. The van der Waals surface area contributed by atoms with Crippen LogP contribution in [0.4, 0.5) is 0 Å². The van der Waals surface area contributed by atoms with Crippen molar-refractivity contribution in [2.75, 3.05) is 27.8 Å². The van der Waals surface area contributed by atoms with E-state index in [1.54, 1.807) is 0 Å². The predicted molar refractivity (Wildman–Crippen MR) is 125 cm³/mol. The molecule has 1 N–H and O–H groups in total. The highest BCUT2D eigenvalue weighted by Gasteiger charge is 2.21. The highest BCUT2D eigenvalue weighted by molar-refractivity contribution is 7.37. The first kappa shape index (κ1) is 27.4. The highest BCUT2D eigenvalue weighted by Crippen LogP contribution is 2.27. The second-order valence-electron chi connectivity index (χ2n) is 9.45. The molecule has 2 atom stereocenters. The van der Waals surface area contributed by atoms with Crippen molar-refractivity contribution in [3.63, 3.8) is 0 Å². The number of hydrogen-bond acceptors (Lipinski definition) is 1. The molecule has 2 unspecified atom stereocenters. The second kappa shape index (κ2) is 18.4. The quantitative estimate of drug-likeness (QED) is 0.126. The Bertz CT molecular complexity index is 303. The van der Waals surface area contributed by atoms with Crippen LogP contribution >= 0.6 is 8.58 Å². The molecule has 164 valence electrons. The second-order valence-corrected chi connectivity index (χ2v) is 10.5. The van der Waals surface area contributed by atoms with Crippen LogP contribution in [0.1, 0.15) is 116 Å². The molecule has 0 heterocycles. The van der Waals surface area contributed by atoms with Crippen molar-refractivity contribution in [1.29, 1.82) is 0 Å². The van der Waals surface area contributed by atoms with Gasteiger partial charge < -0.3 is 18.2 Å². The molecular weight excluding hydrogens is 349 g/mol. The van der Waals surface area contributed by atoms with Gasteiger partial charge >= 0.3 is 0 Å². The molecule has 0 aromatic heterocycles. The summed E-state index contributed by atoms with van der Waals surface area (Å²) in [5.41, 5.74) is 0. The highest BCUT2D eigenvalue weighted by atomic mass is 31.1. The number of quaternary nitrogens is 1. The van der Waals surface area contributed by atoms with Crippen LogP contribution < -0.4 is 0 Å². The fourth-order valence-corrected chi connectivity index (χ4v) is 5.27. The summed E-state index contributed by atoms with van der Waals surface area (Å²) in [6.45, 7) is 4.46. The molecule has 0 saturated carbocycles. The zero-order chi connectivity index (χ0) is 20.4. The monoisotopic (exact) mass is 401 g/mol. The molecule has 0 rings (SSSR count). The van der Waals surface area contributed by atoms with Crippen molar-refractivity contribution in [3.05, 3.63) is 0 Å². The lowest BCUT2D eigenvalue weighted by Crippen LogP contribution is -2.48. The van der Waals surface area contributed by atoms with Gasteiger partial charge in [0, 0.05) is 0 Å². The predicted octanol–water partition coefficient (Wildman–Crippen LogP) is 7.61. The van der Waals surface area contributed by atoms with Crippen LogP contribution in [0.25, 0.3) is 0 Å². The molecule has 0 aliphatic rings. The van der Waals surface area contributed by atoms with E-state index < -0.39 is 0 Å².